The highest BCUT2D eigenvalue weighted by Crippen LogP contribution is 2.49. The standard InChI is InChI=1S/C29H31NS/c1-19-12-20(2)15-23(14-19)25-8-7-9-26(24-16-21(3)13-22(4)17-24)29(25)30-18-31-28-11-6-5-10-27(28)30/h7-9,12-17H,5-6,10-11,18H2,1-4H3. The van der Waals surface area contributed by atoms with Crippen molar-refractivity contribution in [1.82, 2.24) is 0 Å². The van der Waals surface area contributed by atoms with E-state index < -0.39 is 0 Å². The van der Waals surface area contributed by atoms with Gasteiger partial charge in [0.2, 0.25) is 0 Å². The van der Waals surface area contributed by atoms with E-state index >= 15 is 0 Å². The molecule has 2 heteroatoms. The largest absolute Gasteiger partial charge is 0.333 e. The first-order valence-electron chi connectivity index (χ1n) is 11.4. The first-order chi connectivity index (χ1) is 15.0. The van der Waals surface area contributed by atoms with Crippen LogP contribution in [0.4, 0.5) is 5.69 Å². The number of aryl methyl sites for hydroxylation is 4. The SMILES string of the molecule is Cc1cc(C)cc(-c2cccc(-c3cc(C)cc(C)c3)c2N2CSC3=C2CCCC3)c1. The molecule has 0 atom stereocenters. The summed E-state index contributed by atoms with van der Waals surface area (Å²) in [6.45, 7) is 8.82. The predicted octanol–water partition coefficient (Wildman–Crippen LogP) is 8.55. The van der Waals surface area contributed by atoms with Crippen LogP contribution in [0, 0.1) is 27.7 Å². The summed E-state index contributed by atoms with van der Waals surface area (Å²) in [5.74, 6) is 1.03. The summed E-state index contributed by atoms with van der Waals surface area (Å²) in [6.07, 6.45) is 5.10. The zero-order valence-corrected chi connectivity index (χ0v) is 19.9. The van der Waals surface area contributed by atoms with Crippen molar-refractivity contribution < 1.29 is 0 Å². The Morgan fingerprint density at radius 3 is 1.74 bits per heavy atom. The minimum atomic E-state index is 1.03. The van der Waals surface area contributed by atoms with Crippen molar-refractivity contribution in [2.24, 2.45) is 0 Å². The summed E-state index contributed by atoms with van der Waals surface area (Å²) in [4.78, 5) is 4.26. The van der Waals surface area contributed by atoms with E-state index in [2.05, 4.69) is 99.0 Å². The highest BCUT2D eigenvalue weighted by atomic mass is 32.2. The summed E-state index contributed by atoms with van der Waals surface area (Å²) in [7, 11) is 0. The monoisotopic (exact) mass is 425 g/mol. The number of thioether (sulfide) groups is 1. The maximum atomic E-state index is 2.64. The van der Waals surface area contributed by atoms with E-state index in [-0.39, 0.29) is 0 Å². The van der Waals surface area contributed by atoms with Gasteiger partial charge < -0.3 is 4.90 Å². The van der Waals surface area contributed by atoms with Gasteiger partial charge in [0.25, 0.3) is 0 Å². The topological polar surface area (TPSA) is 3.24 Å². The van der Waals surface area contributed by atoms with Crippen molar-refractivity contribution >= 4 is 17.4 Å². The molecule has 0 saturated heterocycles. The van der Waals surface area contributed by atoms with Gasteiger partial charge in [-0.05, 0) is 64.5 Å². The van der Waals surface area contributed by atoms with Crippen LogP contribution in [0.15, 0.2) is 65.2 Å². The molecule has 0 aromatic heterocycles. The Kier molecular flexibility index (Phi) is 5.44. The molecule has 1 aliphatic carbocycles. The van der Waals surface area contributed by atoms with Crippen LogP contribution in [0.1, 0.15) is 47.9 Å². The van der Waals surface area contributed by atoms with Crippen molar-refractivity contribution in [2.75, 3.05) is 10.8 Å². The lowest BCUT2D eigenvalue weighted by molar-refractivity contribution is 0.684. The van der Waals surface area contributed by atoms with Crippen LogP contribution in [0.5, 0.6) is 0 Å². The third kappa shape index (κ3) is 3.94. The summed E-state index contributed by atoms with van der Waals surface area (Å²) >= 11 is 2.06. The lowest BCUT2D eigenvalue weighted by Crippen LogP contribution is -2.20. The minimum Gasteiger partial charge on any atom is -0.333 e. The van der Waals surface area contributed by atoms with E-state index in [0.29, 0.717) is 0 Å². The molecule has 0 unspecified atom stereocenters. The third-order valence-corrected chi connectivity index (χ3v) is 7.63. The van der Waals surface area contributed by atoms with Crippen molar-refractivity contribution in [3.8, 4) is 22.3 Å². The molecule has 0 fully saturated rings. The molecule has 1 heterocycles. The molecule has 0 bridgehead atoms. The maximum Gasteiger partial charge on any atom is 0.0729 e. The van der Waals surface area contributed by atoms with Crippen LogP contribution in [0.25, 0.3) is 22.3 Å². The van der Waals surface area contributed by atoms with Crippen LogP contribution in [-0.2, 0) is 0 Å². The van der Waals surface area contributed by atoms with Gasteiger partial charge in [-0.2, -0.15) is 0 Å². The fraction of sp³-hybridized carbons (Fsp3) is 0.310. The Balaban J connectivity index is 1.77. The molecule has 0 spiro atoms. The predicted molar refractivity (Wildman–Crippen MR) is 137 cm³/mol. The summed E-state index contributed by atoms with van der Waals surface area (Å²) in [5.41, 5.74) is 13.6. The average molecular weight is 426 g/mol. The Morgan fingerprint density at radius 2 is 1.19 bits per heavy atom. The van der Waals surface area contributed by atoms with E-state index in [9.17, 15) is 0 Å². The zero-order chi connectivity index (χ0) is 21.5. The summed E-state index contributed by atoms with van der Waals surface area (Å²) in [6, 6.07) is 20.8. The lowest BCUT2D eigenvalue weighted by atomic mass is 9.91. The van der Waals surface area contributed by atoms with Crippen molar-refractivity contribution in [3.63, 3.8) is 0 Å². The van der Waals surface area contributed by atoms with Gasteiger partial charge in [0.15, 0.2) is 0 Å². The van der Waals surface area contributed by atoms with E-state index in [0.717, 1.165) is 5.88 Å². The Hall–Kier alpha value is -2.45. The molecule has 0 amide bonds. The summed E-state index contributed by atoms with van der Waals surface area (Å²) in [5, 5.41) is 0. The Labute approximate surface area is 191 Å². The fourth-order valence-corrected chi connectivity index (χ4v) is 6.52. The fourth-order valence-electron chi connectivity index (χ4n) is 5.28. The zero-order valence-electron chi connectivity index (χ0n) is 19.1. The molecule has 0 N–H and O–H groups in total. The number of hydrogen-bond acceptors (Lipinski definition) is 2. The van der Waals surface area contributed by atoms with E-state index in [1.165, 1.54) is 75.9 Å². The van der Waals surface area contributed by atoms with Gasteiger partial charge in [0.1, 0.15) is 0 Å². The number of hydrogen-bond donors (Lipinski definition) is 0. The van der Waals surface area contributed by atoms with Gasteiger partial charge in [-0.15, -0.1) is 11.8 Å². The van der Waals surface area contributed by atoms with Crippen molar-refractivity contribution in [1.29, 1.82) is 0 Å². The van der Waals surface area contributed by atoms with E-state index in [4.69, 9.17) is 0 Å². The number of rotatable bonds is 3. The molecule has 1 nitrogen and oxygen atoms in total. The second-order valence-electron chi connectivity index (χ2n) is 9.23. The maximum absolute atomic E-state index is 2.64. The lowest BCUT2D eigenvalue weighted by Gasteiger charge is -2.29. The van der Waals surface area contributed by atoms with Gasteiger partial charge in [-0.25, -0.2) is 0 Å². The third-order valence-electron chi connectivity index (χ3n) is 6.45. The van der Waals surface area contributed by atoms with Gasteiger partial charge in [0.05, 0.1) is 11.6 Å². The molecular weight excluding hydrogens is 394 g/mol. The number of anilines is 1. The van der Waals surface area contributed by atoms with E-state index in [1.807, 2.05) is 0 Å². The summed E-state index contributed by atoms with van der Waals surface area (Å²) < 4.78 is 0. The first kappa shape index (κ1) is 20.5. The van der Waals surface area contributed by atoms with Crippen LogP contribution in [0.2, 0.25) is 0 Å². The first-order valence-corrected chi connectivity index (χ1v) is 12.4. The van der Waals surface area contributed by atoms with Gasteiger partial charge in [-0.3, -0.25) is 0 Å². The van der Waals surface area contributed by atoms with Crippen LogP contribution in [-0.4, -0.2) is 5.88 Å². The second-order valence-corrected chi connectivity index (χ2v) is 10.3. The molecule has 158 valence electrons. The van der Waals surface area contributed by atoms with E-state index in [1.54, 1.807) is 10.6 Å². The van der Waals surface area contributed by atoms with Crippen LogP contribution < -0.4 is 4.90 Å². The van der Waals surface area contributed by atoms with Gasteiger partial charge in [0, 0.05) is 21.7 Å². The van der Waals surface area contributed by atoms with Crippen molar-refractivity contribution in [3.05, 3.63) is 87.5 Å². The number of nitrogens with zero attached hydrogens (tertiary/aromatic N) is 1. The van der Waals surface area contributed by atoms with Crippen LogP contribution >= 0.6 is 11.8 Å². The Bertz CT molecular complexity index is 1080. The van der Waals surface area contributed by atoms with Gasteiger partial charge in [-0.1, -0.05) is 76.9 Å². The van der Waals surface area contributed by atoms with Gasteiger partial charge >= 0.3 is 0 Å². The second kappa shape index (κ2) is 8.24. The van der Waals surface area contributed by atoms with Crippen molar-refractivity contribution in [2.45, 2.75) is 53.4 Å². The average Bonchev–Trinajstić information content (AvgIpc) is 3.15. The number of benzene rings is 3. The molecule has 31 heavy (non-hydrogen) atoms. The highest BCUT2D eigenvalue weighted by molar-refractivity contribution is 8.03. The molecule has 0 saturated carbocycles. The quantitative estimate of drug-likeness (QED) is 0.413. The normalized spacial score (nSPS) is 16.1. The molecule has 1 aliphatic heterocycles. The molecular formula is C29H31NS. The highest BCUT2D eigenvalue weighted by Gasteiger charge is 2.30. The molecule has 3 aromatic carbocycles. The number of para-hydroxylation sites is 1. The Morgan fingerprint density at radius 1 is 0.677 bits per heavy atom. The number of allylic oxidation sites excluding steroid dienone is 2. The molecule has 2 aliphatic rings. The van der Waals surface area contributed by atoms with Crippen LogP contribution in [0.3, 0.4) is 0 Å². The molecule has 5 rings (SSSR count). The molecule has 0 radical (unpaired) electrons. The molecule has 3 aromatic rings. The smallest absolute Gasteiger partial charge is 0.0729 e. The minimum absolute atomic E-state index is 1.03.